The molecule has 1 atom stereocenters. The van der Waals surface area contributed by atoms with Crippen LogP contribution in [0.2, 0.25) is 0 Å². The molecule has 1 aromatic rings. The number of pyridine rings is 1. The zero-order valence-electron chi connectivity index (χ0n) is 9.83. The highest BCUT2D eigenvalue weighted by Crippen LogP contribution is 2.29. The molecule has 0 aromatic carbocycles. The van der Waals surface area contributed by atoms with E-state index in [4.69, 9.17) is 0 Å². The summed E-state index contributed by atoms with van der Waals surface area (Å²) < 4.78 is 0. The van der Waals surface area contributed by atoms with E-state index in [9.17, 15) is 4.79 Å². The van der Waals surface area contributed by atoms with Crippen LogP contribution in [-0.2, 0) is 11.3 Å². The summed E-state index contributed by atoms with van der Waals surface area (Å²) in [7, 11) is 0. The van der Waals surface area contributed by atoms with Crippen molar-refractivity contribution in [1.29, 1.82) is 0 Å². The van der Waals surface area contributed by atoms with Gasteiger partial charge in [0.1, 0.15) is 0 Å². The minimum absolute atomic E-state index is 0.262. The van der Waals surface area contributed by atoms with Crippen molar-refractivity contribution in [3.8, 4) is 0 Å². The molecule has 1 amide bonds. The average Bonchev–Trinajstić information content (AvgIpc) is 2.70. The molecule has 1 unspecified atom stereocenters. The van der Waals surface area contributed by atoms with E-state index in [2.05, 4.69) is 11.2 Å². The fourth-order valence-electron chi connectivity index (χ4n) is 1.83. The number of rotatable bonds is 5. The Morgan fingerprint density at radius 2 is 2.29 bits per heavy atom. The highest BCUT2D eigenvalue weighted by atomic mass is 32.2. The summed E-state index contributed by atoms with van der Waals surface area (Å²) in [6, 6.07) is 3.95. The number of nitrogens with zero attached hydrogens (tertiary/aromatic N) is 2. The molecule has 1 aliphatic rings. The second kappa shape index (κ2) is 6.31. The molecule has 2 heterocycles. The monoisotopic (exact) mass is 268 g/mol. The fourth-order valence-corrected chi connectivity index (χ4v) is 3.60. The van der Waals surface area contributed by atoms with Crippen molar-refractivity contribution < 1.29 is 4.79 Å². The van der Waals surface area contributed by atoms with Crippen LogP contribution in [0.15, 0.2) is 24.5 Å². The summed E-state index contributed by atoms with van der Waals surface area (Å²) in [6.45, 7) is 0.716. The standard InChI is InChI=1S/C12H16N2OS2/c1-16-7-4-12-14(11(15)9-17-12)8-10-2-5-13-6-3-10/h2-3,5-6,12H,4,7-9H2,1H3. The van der Waals surface area contributed by atoms with Gasteiger partial charge in [-0.2, -0.15) is 11.8 Å². The van der Waals surface area contributed by atoms with Crippen molar-refractivity contribution in [3.05, 3.63) is 30.1 Å². The van der Waals surface area contributed by atoms with E-state index in [0.717, 1.165) is 17.7 Å². The van der Waals surface area contributed by atoms with Gasteiger partial charge < -0.3 is 4.90 Å². The van der Waals surface area contributed by atoms with Gasteiger partial charge >= 0.3 is 0 Å². The normalized spacial score (nSPS) is 19.9. The van der Waals surface area contributed by atoms with Crippen LogP contribution < -0.4 is 0 Å². The first-order chi connectivity index (χ1) is 8.31. The largest absolute Gasteiger partial charge is 0.326 e. The van der Waals surface area contributed by atoms with Crippen molar-refractivity contribution in [2.45, 2.75) is 18.3 Å². The molecule has 0 radical (unpaired) electrons. The first-order valence-electron chi connectivity index (χ1n) is 5.60. The summed E-state index contributed by atoms with van der Waals surface area (Å²) >= 11 is 3.60. The molecule has 0 aliphatic carbocycles. The molecular weight excluding hydrogens is 252 g/mol. The lowest BCUT2D eigenvalue weighted by Crippen LogP contribution is -2.32. The molecule has 0 spiro atoms. The zero-order valence-corrected chi connectivity index (χ0v) is 11.5. The molecule has 0 N–H and O–H groups in total. The van der Waals surface area contributed by atoms with Gasteiger partial charge in [0.15, 0.2) is 0 Å². The maximum absolute atomic E-state index is 11.8. The van der Waals surface area contributed by atoms with Crippen molar-refractivity contribution in [3.63, 3.8) is 0 Å². The predicted octanol–water partition coefficient (Wildman–Crippen LogP) is 2.24. The number of carbonyl (C=O) groups is 1. The van der Waals surface area contributed by atoms with Crippen LogP contribution in [0.4, 0.5) is 0 Å². The predicted molar refractivity (Wildman–Crippen MR) is 74.0 cm³/mol. The van der Waals surface area contributed by atoms with Gasteiger partial charge in [0.05, 0.1) is 11.1 Å². The molecule has 17 heavy (non-hydrogen) atoms. The van der Waals surface area contributed by atoms with Crippen molar-refractivity contribution in [2.24, 2.45) is 0 Å². The second-order valence-corrected chi connectivity index (χ2v) is 6.08. The van der Waals surface area contributed by atoms with E-state index in [0.29, 0.717) is 17.7 Å². The van der Waals surface area contributed by atoms with Gasteiger partial charge in [-0.1, -0.05) is 0 Å². The summed E-state index contributed by atoms with van der Waals surface area (Å²) in [5.74, 6) is 2.00. The zero-order chi connectivity index (χ0) is 12.1. The summed E-state index contributed by atoms with van der Waals surface area (Å²) in [5.41, 5.74) is 1.16. The Morgan fingerprint density at radius 1 is 1.53 bits per heavy atom. The van der Waals surface area contributed by atoms with Crippen LogP contribution in [0.1, 0.15) is 12.0 Å². The third-order valence-corrected chi connectivity index (χ3v) is 4.67. The van der Waals surface area contributed by atoms with Gasteiger partial charge in [-0.3, -0.25) is 9.78 Å². The lowest BCUT2D eigenvalue weighted by Gasteiger charge is -2.23. The van der Waals surface area contributed by atoms with E-state index < -0.39 is 0 Å². The van der Waals surface area contributed by atoms with Gasteiger partial charge in [0.25, 0.3) is 0 Å². The van der Waals surface area contributed by atoms with Gasteiger partial charge in [-0.25, -0.2) is 0 Å². The van der Waals surface area contributed by atoms with E-state index in [-0.39, 0.29) is 5.91 Å². The van der Waals surface area contributed by atoms with Crippen LogP contribution in [-0.4, -0.2) is 38.9 Å². The Morgan fingerprint density at radius 3 is 3.00 bits per heavy atom. The molecule has 0 saturated carbocycles. The minimum Gasteiger partial charge on any atom is -0.326 e. The average molecular weight is 268 g/mol. The van der Waals surface area contributed by atoms with Crippen LogP contribution >= 0.6 is 23.5 Å². The fraction of sp³-hybridized carbons (Fsp3) is 0.500. The van der Waals surface area contributed by atoms with Crippen molar-refractivity contribution in [2.75, 3.05) is 17.8 Å². The van der Waals surface area contributed by atoms with Crippen LogP contribution in [0.3, 0.4) is 0 Å². The van der Waals surface area contributed by atoms with Gasteiger partial charge in [-0.05, 0) is 36.1 Å². The van der Waals surface area contributed by atoms with E-state index >= 15 is 0 Å². The number of aromatic nitrogens is 1. The van der Waals surface area contributed by atoms with Gasteiger partial charge in [-0.15, -0.1) is 11.8 Å². The Hall–Kier alpha value is -0.680. The minimum atomic E-state index is 0.262. The second-order valence-electron chi connectivity index (χ2n) is 3.92. The number of hydrogen-bond acceptors (Lipinski definition) is 4. The van der Waals surface area contributed by atoms with Crippen LogP contribution in [0, 0.1) is 0 Å². The summed E-state index contributed by atoms with van der Waals surface area (Å²) in [6.07, 6.45) is 6.73. The van der Waals surface area contributed by atoms with Crippen LogP contribution in [0.25, 0.3) is 0 Å². The molecule has 1 fully saturated rings. The van der Waals surface area contributed by atoms with E-state index in [1.165, 1.54) is 0 Å². The highest BCUT2D eigenvalue weighted by molar-refractivity contribution is 8.01. The molecular formula is C12H16N2OS2. The van der Waals surface area contributed by atoms with E-state index in [1.54, 1.807) is 24.2 Å². The van der Waals surface area contributed by atoms with E-state index in [1.807, 2.05) is 28.8 Å². The molecule has 2 rings (SSSR count). The van der Waals surface area contributed by atoms with Crippen molar-refractivity contribution in [1.82, 2.24) is 9.88 Å². The van der Waals surface area contributed by atoms with Crippen molar-refractivity contribution >= 4 is 29.4 Å². The van der Waals surface area contributed by atoms with Gasteiger partial charge in [0.2, 0.25) is 5.91 Å². The Bertz CT molecular complexity index is 372. The third-order valence-electron chi connectivity index (χ3n) is 2.74. The lowest BCUT2D eigenvalue weighted by atomic mass is 10.2. The maximum Gasteiger partial charge on any atom is 0.233 e. The lowest BCUT2D eigenvalue weighted by molar-refractivity contribution is -0.128. The SMILES string of the molecule is CSCCC1SCC(=O)N1Cc1ccncc1. The summed E-state index contributed by atoms with van der Waals surface area (Å²) in [4.78, 5) is 17.8. The number of carbonyl (C=O) groups excluding carboxylic acids is 1. The highest BCUT2D eigenvalue weighted by Gasteiger charge is 2.30. The molecule has 0 bridgehead atoms. The topological polar surface area (TPSA) is 33.2 Å². The molecule has 3 nitrogen and oxygen atoms in total. The molecule has 1 aromatic heterocycles. The Labute approximate surface area is 110 Å². The summed E-state index contributed by atoms with van der Waals surface area (Å²) in [5, 5.41) is 0.350. The molecule has 1 saturated heterocycles. The molecule has 1 aliphatic heterocycles. The Balaban J connectivity index is 1.99. The molecule has 5 heteroatoms. The Kier molecular flexibility index (Phi) is 4.74. The first-order valence-corrected chi connectivity index (χ1v) is 8.04. The van der Waals surface area contributed by atoms with Crippen LogP contribution in [0.5, 0.6) is 0 Å². The number of thioether (sulfide) groups is 2. The third kappa shape index (κ3) is 3.39. The number of hydrogen-bond donors (Lipinski definition) is 0. The van der Waals surface area contributed by atoms with Gasteiger partial charge in [0, 0.05) is 18.9 Å². The quantitative estimate of drug-likeness (QED) is 0.820. The maximum atomic E-state index is 11.8. The molecule has 92 valence electrons. The smallest absolute Gasteiger partial charge is 0.233 e. The number of amides is 1. The first kappa shape index (κ1) is 12.8.